The van der Waals surface area contributed by atoms with Crippen LogP contribution >= 0.6 is 7.82 Å². The lowest BCUT2D eigenvalue weighted by Crippen LogP contribution is -2.43. The summed E-state index contributed by atoms with van der Waals surface area (Å²) >= 11 is 0. The molecule has 0 aliphatic rings. The van der Waals surface area contributed by atoms with Gasteiger partial charge in [0.25, 0.3) is 0 Å². The minimum Gasteiger partial charge on any atom is -0.480 e. The molecule has 4 N–H and O–H groups in total. The molecule has 0 radical (unpaired) electrons. The molecule has 12 heteroatoms. The molecule has 0 aliphatic heterocycles. The number of esters is 1. The molecule has 0 saturated heterocycles. The second-order valence-electron chi connectivity index (χ2n) is 13.8. The number of hydrogen-bond donors (Lipinski definition) is 4. The predicted octanol–water partition coefficient (Wildman–Crippen LogP) is 10.2. The average Bonchev–Trinajstić information content (AvgIpc) is 3.14. The Morgan fingerprint density at radius 2 is 1.07 bits per heavy atom. The van der Waals surface area contributed by atoms with Crippen LogP contribution in [0.5, 0.6) is 0 Å². The van der Waals surface area contributed by atoms with E-state index in [1.807, 2.05) is 0 Å². The van der Waals surface area contributed by atoms with Crippen LogP contribution in [0.4, 0.5) is 0 Å². The van der Waals surface area contributed by atoms with Crippen LogP contribution in [-0.4, -0.2) is 64.9 Å². The van der Waals surface area contributed by atoms with Crippen LogP contribution in [0.25, 0.3) is 0 Å². The third-order valence-corrected chi connectivity index (χ3v) is 9.55. The van der Waals surface area contributed by atoms with E-state index < -0.39 is 57.6 Å². The first-order valence-electron chi connectivity index (χ1n) is 20.7. The van der Waals surface area contributed by atoms with E-state index in [2.05, 4.69) is 67.8 Å². The number of aliphatic hydroxyl groups excluding tert-OH is 1. The lowest BCUT2D eigenvalue weighted by atomic mass is 10.1. The van der Waals surface area contributed by atoms with Crippen molar-refractivity contribution >= 4 is 25.7 Å². The van der Waals surface area contributed by atoms with E-state index in [0.717, 1.165) is 70.6 Å². The number of rotatable bonds is 38. The molecule has 0 aromatic rings. The van der Waals surface area contributed by atoms with E-state index in [1.165, 1.54) is 57.8 Å². The second kappa shape index (κ2) is 37.4. The fourth-order valence-corrected chi connectivity index (χ4v) is 6.15. The third kappa shape index (κ3) is 36.4. The molecule has 0 bridgehead atoms. The lowest BCUT2D eigenvalue weighted by Gasteiger charge is -2.18. The Morgan fingerprint density at radius 3 is 1.65 bits per heavy atom. The maximum absolute atomic E-state index is 12.3. The lowest BCUT2D eigenvalue weighted by molar-refractivity contribution is -0.147. The van der Waals surface area contributed by atoms with Crippen molar-refractivity contribution in [1.29, 1.82) is 0 Å². The Balaban J connectivity index is 3.97. The fraction of sp³-hybridized carbons (Fsp3) is 0.738. The summed E-state index contributed by atoms with van der Waals surface area (Å²) in [5.74, 6) is -2.41. The van der Waals surface area contributed by atoms with E-state index in [0.29, 0.717) is 12.8 Å². The summed E-state index contributed by atoms with van der Waals surface area (Å²) in [5.41, 5.74) is 0. The molecule has 1 amide bonds. The molecule has 3 unspecified atom stereocenters. The maximum atomic E-state index is 12.3. The minimum atomic E-state index is -4.76. The number of nitrogens with one attached hydrogen (secondary N) is 1. The van der Waals surface area contributed by atoms with Gasteiger partial charge in [0.2, 0.25) is 5.91 Å². The summed E-state index contributed by atoms with van der Waals surface area (Å²) in [6.45, 7) is 2.42. The molecular weight excluding hydrogens is 709 g/mol. The number of hydrogen-bond acceptors (Lipinski definition) is 8. The van der Waals surface area contributed by atoms with Gasteiger partial charge in [-0.1, -0.05) is 133 Å². The summed E-state index contributed by atoms with van der Waals surface area (Å²) < 4.78 is 26.7. The van der Waals surface area contributed by atoms with Gasteiger partial charge in [0.15, 0.2) is 6.04 Å². The van der Waals surface area contributed by atoms with Crippen molar-refractivity contribution in [1.82, 2.24) is 5.32 Å². The number of aliphatic hydroxyl groups is 1. The van der Waals surface area contributed by atoms with Crippen LogP contribution < -0.4 is 5.32 Å². The van der Waals surface area contributed by atoms with Gasteiger partial charge < -0.3 is 25.2 Å². The highest BCUT2D eigenvalue weighted by molar-refractivity contribution is 7.47. The highest BCUT2D eigenvalue weighted by Crippen LogP contribution is 2.43. The molecule has 0 aromatic heterocycles. The molecule has 0 aromatic carbocycles. The van der Waals surface area contributed by atoms with Crippen molar-refractivity contribution in [3.63, 3.8) is 0 Å². The zero-order chi connectivity index (χ0) is 40.0. The number of carbonyl (C=O) groups excluding carboxylic acids is 2. The van der Waals surface area contributed by atoms with Gasteiger partial charge in [-0.25, -0.2) is 9.36 Å². The van der Waals surface area contributed by atoms with Crippen LogP contribution in [0.15, 0.2) is 48.6 Å². The van der Waals surface area contributed by atoms with Crippen LogP contribution in [0.1, 0.15) is 168 Å². The quantitative estimate of drug-likeness (QED) is 0.0205. The molecule has 54 heavy (non-hydrogen) atoms. The van der Waals surface area contributed by atoms with Gasteiger partial charge in [-0.05, 0) is 70.6 Å². The molecule has 0 spiro atoms. The number of carbonyl (C=O) groups is 3. The Kier molecular flexibility index (Phi) is 35.6. The van der Waals surface area contributed by atoms with Gasteiger partial charge in [-0.3, -0.25) is 18.6 Å². The topological polar surface area (TPSA) is 169 Å². The van der Waals surface area contributed by atoms with Crippen LogP contribution in [0.2, 0.25) is 0 Å². The molecule has 11 nitrogen and oxygen atoms in total. The number of allylic oxidation sites excluding steroid dienone is 8. The van der Waals surface area contributed by atoms with Gasteiger partial charge in [0, 0.05) is 12.8 Å². The van der Waals surface area contributed by atoms with Crippen LogP contribution in [0.3, 0.4) is 0 Å². The molecule has 0 fully saturated rings. The van der Waals surface area contributed by atoms with Crippen molar-refractivity contribution in [2.45, 2.75) is 180 Å². The zero-order valence-electron chi connectivity index (χ0n) is 33.5. The molecule has 0 heterocycles. The number of unbranched alkanes of at least 4 members (excludes halogenated alkanes) is 16. The maximum Gasteiger partial charge on any atom is 0.472 e. The molecule has 0 saturated carbocycles. The van der Waals surface area contributed by atoms with E-state index in [1.54, 1.807) is 0 Å². The third-order valence-electron chi connectivity index (χ3n) is 8.60. The first-order chi connectivity index (χ1) is 26.1. The molecule has 0 rings (SSSR count). The van der Waals surface area contributed by atoms with Gasteiger partial charge >= 0.3 is 19.8 Å². The fourth-order valence-electron chi connectivity index (χ4n) is 5.38. The average molecular weight is 784 g/mol. The van der Waals surface area contributed by atoms with Crippen LogP contribution in [-0.2, 0) is 32.7 Å². The number of phosphoric ester groups is 1. The van der Waals surface area contributed by atoms with Crippen molar-refractivity contribution in [3.05, 3.63) is 48.6 Å². The highest BCUT2D eigenvalue weighted by Gasteiger charge is 2.28. The van der Waals surface area contributed by atoms with Gasteiger partial charge in [-0.15, -0.1) is 0 Å². The predicted molar refractivity (Wildman–Crippen MR) is 217 cm³/mol. The summed E-state index contributed by atoms with van der Waals surface area (Å²) in [7, 11) is -4.76. The minimum absolute atomic E-state index is 0.137. The molecule has 312 valence electrons. The monoisotopic (exact) mass is 784 g/mol. The number of amides is 1. The normalized spacial score (nSPS) is 14.3. The number of carboxylic acid groups (broad SMARTS) is 1. The number of ether oxygens (including phenoxy) is 1. The second-order valence-corrected chi connectivity index (χ2v) is 15.2. The largest absolute Gasteiger partial charge is 0.480 e. The van der Waals surface area contributed by atoms with E-state index in [9.17, 15) is 34.1 Å². The smallest absolute Gasteiger partial charge is 0.472 e. The summed E-state index contributed by atoms with van der Waals surface area (Å²) in [6, 6.07) is -1.55. The van der Waals surface area contributed by atoms with E-state index >= 15 is 0 Å². The number of phosphoric acid groups is 1. The Morgan fingerprint density at radius 1 is 0.611 bits per heavy atom. The zero-order valence-corrected chi connectivity index (χ0v) is 34.4. The van der Waals surface area contributed by atoms with E-state index in [4.69, 9.17) is 13.8 Å². The standard InChI is InChI=1S/C42H74NO10P/c1-3-5-7-9-11-13-15-17-18-19-20-22-23-25-27-29-31-33-40(45)43-39(42(47)48)37-53-54(49,50)52-36-38(44)35-51-41(46)34-32-30-28-26-24-21-16-14-12-10-8-6-4-2/h6,8,12,14,17-18,21,24,38-39,44H,3-5,7,9-11,13,15-16,19-20,22-23,25-37H2,1-2H3,(H,43,45)(H,47,48)(H,49,50)/b8-6-,14-12-,18-17-,24-21-. The first kappa shape index (κ1) is 51.4. The van der Waals surface area contributed by atoms with Crippen molar-refractivity contribution in [3.8, 4) is 0 Å². The van der Waals surface area contributed by atoms with Crippen LogP contribution in [0, 0.1) is 0 Å². The van der Waals surface area contributed by atoms with Gasteiger partial charge in [-0.2, -0.15) is 0 Å². The highest BCUT2D eigenvalue weighted by atomic mass is 31.2. The van der Waals surface area contributed by atoms with Crippen molar-refractivity contribution < 1.29 is 47.8 Å². The number of carboxylic acids is 1. The Labute approximate surface area is 326 Å². The number of aliphatic carboxylic acids is 1. The Bertz CT molecular complexity index is 1110. The van der Waals surface area contributed by atoms with E-state index in [-0.39, 0.29) is 12.8 Å². The Hall–Kier alpha value is -2.56. The van der Waals surface area contributed by atoms with Crippen molar-refractivity contribution in [2.75, 3.05) is 19.8 Å². The summed E-state index contributed by atoms with van der Waals surface area (Å²) in [6.07, 6.45) is 40.0. The van der Waals surface area contributed by atoms with Gasteiger partial charge in [0.05, 0.1) is 13.2 Å². The molecule has 0 aliphatic carbocycles. The molecular formula is C42H74NO10P. The summed E-state index contributed by atoms with van der Waals surface area (Å²) in [4.78, 5) is 45.8. The van der Waals surface area contributed by atoms with Gasteiger partial charge in [0.1, 0.15) is 12.7 Å². The molecule has 3 atom stereocenters. The first-order valence-corrected chi connectivity index (χ1v) is 22.2. The SMILES string of the molecule is CC/C=C\C/C=C\C/C=C\CCCCCC(=O)OCC(O)COP(=O)(O)OCC(NC(=O)CCCCCCCCC/C=C\CCCCCCCC)C(=O)O. The summed E-state index contributed by atoms with van der Waals surface area (Å²) in [5, 5.41) is 21.8. The van der Waals surface area contributed by atoms with Crippen molar-refractivity contribution in [2.24, 2.45) is 0 Å².